The van der Waals surface area contributed by atoms with Gasteiger partial charge in [-0.3, -0.25) is 0 Å². The van der Waals surface area contributed by atoms with Gasteiger partial charge < -0.3 is 15.4 Å². The van der Waals surface area contributed by atoms with Crippen LogP contribution in [0.4, 0.5) is 5.69 Å². The molecule has 1 unspecified atom stereocenters. The summed E-state index contributed by atoms with van der Waals surface area (Å²) >= 11 is 0. The third kappa shape index (κ3) is 3.16. The van der Waals surface area contributed by atoms with Crippen molar-refractivity contribution in [2.75, 3.05) is 32.1 Å². The molecule has 0 bridgehead atoms. The molecular weight excluding hydrogens is 224 g/mol. The Balaban J connectivity index is 2.03. The Bertz CT molecular complexity index is 398. The SMILES string of the molecule is COc1c(C)cc(C)cc1NCC1CCCNC1. The van der Waals surface area contributed by atoms with Gasteiger partial charge in [0.15, 0.2) is 0 Å². The van der Waals surface area contributed by atoms with Crippen LogP contribution < -0.4 is 15.4 Å². The molecular formula is C15H24N2O. The van der Waals surface area contributed by atoms with E-state index in [1.165, 1.54) is 30.5 Å². The van der Waals surface area contributed by atoms with Gasteiger partial charge in [0.25, 0.3) is 0 Å². The fraction of sp³-hybridized carbons (Fsp3) is 0.600. The summed E-state index contributed by atoms with van der Waals surface area (Å²) in [4.78, 5) is 0. The number of aryl methyl sites for hydroxylation is 2. The van der Waals surface area contributed by atoms with Crippen molar-refractivity contribution < 1.29 is 4.74 Å². The number of nitrogens with one attached hydrogen (secondary N) is 2. The summed E-state index contributed by atoms with van der Waals surface area (Å²) in [6.45, 7) is 7.54. The minimum Gasteiger partial charge on any atom is -0.494 e. The maximum Gasteiger partial charge on any atom is 0.144 e. The van der Waals surface area contributed by atoms with Crippen molar-refractivity contribution in [1.82, 2.24) is 5.32 Å². The minimum absolute atomic E-state index is 0.726. The average molecular weight is 248 g/mol. The molecule has 1 atom stereocenters. The molecule has 1 fully saturated rings. The zero-order chi connectivity index (χ0) is 13.0. The lowest BCUT2D eigenvalue weighted by Crippen LogP contribution is -2.33. The van der Waals surface area contributed by atoms with E-state index in [-0.39, 0.29) is 0 Å². The third-order valence-electron chi connectivity index (χ3n) is 3.60. The van der Waals surface area contributed by atoms with E-state index < -0.39 is 0 Å². The maximum atomic E-state index is 5.49. The van der Waals surface area contributed by atoms with Crippen LogP contribution in [0.15, 0.2) is 12.1 Å². The van der Waals surface area contributed by atoms with Gasteiger partial charge >= 0.3 is 0 Å². The van der Waals surface area contributed by atoms with Gasteiger partial charge in [0.05, 0.1) is 12.8 Å². The van der Waals surface area contributed by atoms with E-state index in [4.69, 9.17) is 4.74 Å². The molecule has 1 heterocycles. The Morgan fingerprint density at radius 1 is 1.39 bits per heavy atom. The van der Waals surface area contributed by atoms with Crippen LogP contribution in [-0.2, 0) is 0 Å². The Hall–Kier alpha value is -1.22. The van der Waals surface area contributed by atoms with E-state index in [0.29, 0.717) is 0 Å². The minimum atomic E-state index is 0.726. The van der Waals surface area contributed by atoms with Crippen LogP contribution in [0.3, 0.4) is 0 Å². The predicted molar refractivity (Wildman–Crippen MR) is 76.6 cm³/mol. The van der Waals surface area contributed by atoms with E-state index in [2.05, 4.69) is 36.6 Å². The van der Waals surface area contributed by atoms with Crippen molar-refractivity contribution >= 4 is 5.69 Å². The topological polar surface area (TPSA) is 33.3 Å². The summed E-state index contributed by atoms with van der Waals surface area (Å²) in [5.41, 5.74) is 3.60. The number of methoxy groups -OCH3 is 1. The largest absolute Gasteiger partial charge is 0.494 e. The Kier molecular flexibility index (Phi) is 4.48. The molecule has 1 aliphatic rings. The van der Waals surface area contributed by atoms with Crippen molar-refractivity contribution in [3.63, 3.8) is 0 Å². The molecule has 2 N–H and O–H groups in total. The summed E-state index contributed by atoms with van der Waals surface area (Å²) in [6, 6.07) is 4.33. The molecule has 18 heavy (non-hydrogen) atoms. The highest BCUT2D eigenvalue weighted by atomic mass is 16.5. The van der Waals surface area contributed by atoms with E-state index in [1.807, 2.05) is 0 Å². The number of hydrogen-bond donors (Lipinski definition) is 2. The van der Waals surface area contributed by atoms with Crippen LogP contribution in [0.5, 0.6) is 5.75 Å². The zero-order valence-corrected chi connectivity index (χ0v) is 11.7. The molecule has 100 valence electrons. The van der Waals surface area contributed by atoms with Crippen LogP contribution in [0.1, 0.15) is 24.0 Å². The quantitative estimate of drug-likeness (QED) is 0.859. The van der Waals surface area contributed by atoms with Crippen LogP contribution >= 0.6 is 0 Å². The molecule has 3 heteroatoms. The average Bonchev–Trinajstić information content (AvgIpc) is 2.37. The van der Waals surface area contributed by atoms with Crippen LogP contribution in [-0.4, -0.2) is 26.7 Å². The number of piperidine rings is 1. The molecule has 0 spiro atoms. The smallest absolute Gasteiger partial charge is 0.144 e. The van der Waals surface area contributed by atoms with Gasteiger partial charge in [0.1, 0.15) is 5.75 Å². The lowest BCUT2D eigenvalue weighted by Gasteiger charge is -2.24. The summed E-state index contributed by atoms with van der Waals surface area (Å²) in [6.07, 6.45) is 2.60. The second-order valence-electron chi connectivity index (χ2n) is 5.26. The third-order valence-corrected chi connectivity index (χ3v) is 3.60. The normalized spacial score (nSPS) is 19.6. The number of hydrogen-bond acceptors (Lipinski definition) is 3. The van der Waals surface area contributed by atoms with E-state index in [1.54, 1.807) is 7.11 Å². The summed E-state index contributed by atoms with van der Waals surface area (Å²) < 4.78 is 5.49. The molecule has 0 aromatic heterocycles. The van der Waals surface area contributed by atoms with Crippen LogP contribution in [0.2, 0.25) is 0 Å². The van der Waals surface area contributed by atoms with Crippen LogP contribution in [0.25, 0.3) is 0 Å². The number of benzene rings is 1. The molecule has 2 rings (SSSR count). The van der Waals surface area contributed by atoms with Gasteiger partial charge in [-0.25, -0.2) is 0 Å². The van der Waals surface area contributed by atoms with Gasteiger partial charge in [-0.05, 0) is 62.9 Å². The van der Waals surface area contributed by atoms with Gasteiger partial charge in [0.2, 0.25) is 0 Å². The first-order chi connectivity index (χ1) is 8.70. The number of anilines is 1. The van der Waals surface area contributed by atoms with Gasteiger partial charge in [0, 0.05) is 6.54 Å². The first-order valence-corrected chi connectivity index (χ1v) is 6.80. The summed E-state index contributed by atoms with van der Waals surface area (Å²) in [7, 11) is 1.74. The van der Waals surface area contributed by atoms with Crippen molar-refractivity contribution in [1.29, 1.82) is 0 Å². The molecule has 0 radical (unpaired) electrons. The Labute approximate surface area is 110 Å². The van der Waals surface area contributed by atoms with Crippen molar-refractivity contribution in [3.05, 3.63) is 23.3 Å². The molecule has 0 saturated carbocycles. The van der Waals surface area contributed by atoms with Crippen molar-refractivity contribution in [2.24, 2.45) is 5.92 Å². The van der Waals surface area contributed by atoms with E-state index in [9.17, 15) is 0 Å². The monoisotopic (exact) mass is 248 g/mol. The lowest BCUT2D eigenvalue weighted by molar-refractivity contribution is 0.390. The first kappa shape index (κ1) is 13.2. The molecule has 0 amide bonds. The highest BCUT2D eigenvalue weighted by molar-refractivity contribution is 5.61. The summed E-state index contributed by atoms with van der Waals surface area (Å²) in [5, 5.41) is 7.00. The number of rotatable bonds is 4. The second kappa shape index (κ2) is 6.10. The second-order valence-corrected chi connectivity index (χ2v) is 5.26. The first-order valence-electron chi connectivity index (χ1n) is 6.80. The maximum absolute atomic E-state index is 5.49. The zero-order valence-electron chi connectivity index (χ0n) is 11.7. The van der Waals surface area contributed by atoms with E-state index >= 15 is 0 Å². The van der Waals surface area contributed by atoms with Crippen molar-refractivity contribution in [3.8, 4) is 5.75 Å². The Morgan fingerprint density at radius 2 is 2.22 bits per heavy atom. The molecule has 1 aliphatic heterocycles. The Morgan fingerprint density at radius 3 is 2.89 bits per heavy atom. The van der Waals surface area contributed by atoms with E-state index in [0.717, 1.165) is 30.4 Å². The van der Waals surface area contributed by atoms with Crippen molar-refractivity contribution in [2.45, 2.75) is 26.7 Å². The number of ether oxygens (including phenoxy) is 1. The van der Waals surface area contributed by atoms with Gasteiger partial charge in [-0.2, -0.15) is 0 Å². The lowest BCUT2D eigenvalue weighted by atomic mass is 9.99. The standard InChI is InChI=1S/C15H24N2O/c1-11-7-12(2)15(18-3)14(8-11)17-10-13-5-4-6-16-9-13/h7-8,13,16-17H,4-6,9-10H2,1-3H3. The predicted octanol–water partition coefficient (Wildman–Crippen LogP) is 2.72. The highest BCUT2D eigenvalue weighted by Gasteiger charge is 2.14. The fourth-order valence-electron chi connectivity index (χ4n) is 2.71. The molecule has 0 aliphatic carbocycles. The van der Waals surface area contributed by atoms with Gasteiger partial charge in [-0.1, -0.05) is 6.07 Å². The molecule has 1 aromatic rings. The molecule has 1 saturated heterocycles. The highest BCUT2D eigenvalue weighted by Crippen LogP contribution is 2.30. The fourth-order valence-corrected chi connectivity index (χ4v) is 2.71. The summed E-state index contributed by atoms with van der Waals surface area (Å²) in [5.74, 6) is 1.70. The van der Waals surface area contributed by atoms with Crippen LogP contribution in [0, 0.1) is 19.8 Å². The van der Waals surface area contributed by atoms with Gasteiger partial charge in [-0.15, -0.1) is 0 Å². The molecule has 1 aromatic carbocycles. The molecule has 3 nitrogen and oxygen atoms in total.